The Bertz CT molecular complexity index is 1440. The lowest BCUT2D eigenvalue weighted by molar-refractivity contribution is -0.113. The summed E-state index contributed by atoms with van der Waals surface area (Å²) in [5, 5.41) is 14.5. The number of carbonyl (C=O) groups is 2. The second-order valence-electron chi connectivity index (χ2n) is 8.03. The number of nitrogens with zero attached hydrogens (tertiary/aromatic N) is 3. The highest BCUT2D eigenvalue weighted by atomic mass is 32.2. The van der Waals surface area contributed by atoms with Gasteiger partial charge in [-0.1, -0.05) is 11.8 Å². The maximum atomic E-state index is 13.6. The highest BCUT2D eigenvalue weighted by molar-refractivity contribution is 7.99. The number of hydrogen-bond acceptors (Lipinski definition) is 8. The molecule has 0 saturated carbocycles. The average molecular weight is 552 g/mol. The number of anilines is 1. The van der Waals surface area contributed by atoms with Crippen LogP contribution < -0.4 is 24.8 Å². The van der Waals surface area contributed by atoms with Gasteiger partial charge in [-0.2, -0.15) is 0 Å². The summed E-state index contributed by atoms with van der Waals surface area (Å²) >= 11 is 1.16. The van der Waals surface area contributed by atoms with Crippen LogP contribution in [0, 0.1) is 5.82 Å². The Morgan fingerprint density at radius 2 is 1.62 bits per heavy atom. The van der Waals surface area contributed by atoms with Crippen molar-refractivity contribution in [2.24, 2.45) is 0 Å². The smallest absolute Gasteiger partial charge is 0.251 e. The lowest BCUT2D eigenvalue weighted by Gasteiger charge is -2.12. The Morgan fingerprint density at radius 3 is 2.28 bits per heavy atom. The highest BCUT2D eigenvalue weighted by Crippen LogP contribution is 2.28. The molecule has 2 amide bonds. The lowest BCUT2D eigenvalue weighted by Crippen LogP contribution is -2.24. The molecule has 0 bridgehead atoms. The molecule has 0 spiro atoms. The fourth-order valence-electron chi connectivity index (χ4n) is 3.60. The molecule has 1 aromatic heterocycles. The summed E-state index contributed by atoms with van der Waals surface area (Å²) in [6.45, 7) is 0.0240. The van der Waals surface area contributed by atoms with Crippen molar-refractivity contribution < 1.29 is 28.2 Å². The van der Waals surface area contributed by atoms with E-state index in [0.717, 1.165) is 11.8 Å². The fourth-order valence-corrected chi connectivity index (χ4v) is 4.37. The quantitative estimate of drug-likeness (QED) is 0.268. The molecule has 0 aliphatic heterocycles. The summed E-state index contributed by atoms with van der Waals surface area (Å²) in [6, 6.07) is 17.6. The minimum absolute atomic E-state index is 0.0240. The van der Waals surface area contributed by atoms with E-state index in [1.54, 1.807) is 66.3 Å². The number of hydrogen-bond donors (Lipinski definition) is 2. The molecule has 0 atom stereocenters. The summed E-state index contributed by atoms with van der Waals surface area (Å²) in [6.07, 6.45) is 0. The second kappa shape index (κ2) is 12.8. The van der Waals surface area contributed by atoms with Crippen LogP contribution in [0.2, 0.25) is 0 Å². The summed E-state index contributed by atoms with van der Waals surface area (Å²) in [5.74, 6) is 1.04. The highest BCUT2D eigenvalue weighted by Gasteiger charge is 2.18. The molecule has 3 aromatic carbocycles. The third-order valence-electron chi connectivity index (χ3n) is 5.54. The predicted octanol–water partition coefficient (Wildman–Crippen LogP) is 4.09. The van der Waals surface area contributed by atoms with E-state index in [0.29, 0.717) is 45.2 Å². The van der Waals surface area contributed by atoms with Gasteiger partial charge in [-0.3, -0.25) is 14.2 Å². The van der Waals surface area contributed by atoms with Crippen molar-refractivity contribution in [3.05, 3.63) is 83.9 Å². The molecule has 0 radical (unpaired) electrons. The first-order valence-corrected chi connectivity index (χ1v) is 12.7. The van der Waals surface area contributed by atoms with Crippen molar-refractivity contribution >= 4 is 29.3 Å². The standard InChI is InChI=1S/C27H26FN5O5S/c1-36-21-11-7-19(8-12-21)30-25(34)16-39-27-32-31-24(33(27)20-9-5-18(28)6-10-20)15-29-26(35)17-4-13-22(37-2)23(14-17)38-3/h4-14H,15-16H2,1-3H3,(H,29,35)(H,30,34). The molecular formula is C27H26FN5O5S. The average Bonchev–Trinajstić information content (AvgIpc) is 3.37. The normalized spacial score (nSPS) is 10.6. The minimum atomic E-state index is -0.400. The molecule has 202 valence electrons. The molecular weight excluding hydrogens is 525 g/mol. The number of carbonyl (C=O) groups excluding carboxylic acids is 2. The van der Waals surface area contributed by atoms with Crippen molar-refractivity contribution in [1.82, 2.24) is 20.1 Å². The number of benzene rings is 3. The van der Waals surface area contributed by atoms with Gasteiger partial charge in [0.05, 0.1) is 33.6 Å². The molecule has 0 fully saturated rings. The number of thioether (sulfide) groups is 1. The topological polar surface area (TPSA) is 117 Å². The van der Waals surface area contributed by atoms with Crippen LogP contribution in [0.3, 0.4) is 0 Å². The number of ether oxygens (including phenoxy) is 3. The fraction of sp³-hybridized carbons (Fsp3) is 0.185. The number of halogens is 1. The van der Waals surface area contributed by atoms with Gasteiger partial charge in [0, 0.05) is 16.9 Å². The summed E-state index contributed by atoms with van der Waals surface area (Å²) in [4.78, 5) is 25.4. The van der Waals surface area contributed by atoms with E-state index < -0.39 is 5.82 Å². The Labute approximate surface area is 228 Å². The first-order chi connectivity index (χ1) is 18.9. The van der Waals surface area contributed by atoms with Crippen molar-refractivity contribution in [2.75, 3.05) is 32.4 Å². The molecule has 39 heavy (non-hydrogen) atoms. The molecule has 0 saturated heterocycles. The van der Waals surface area contributed by atoms with Gasteiger partial charge in [-0.15, -0.1) is 10.2 Å². The molecule has 1 heterocycles. The molecule has 4 rings (SSSR count). The number of rotatable bonds is 11. The van der Waals surface area contributed by atoms with Crippen LogP contribution in [-0.2, 0) is 11.3 Å². The van der Waals surface area contributed by atoms with Crippen molar-refractivity contribution in [2.45, 2.75) is 11.7 Å². The van der Waals surface area contributed by atoms with Crippen molar-refractivity contribution in [3.63, 3.8) is 0 Å². The van der Waals surface area contributed by atoms with Gasteiger partial charge in [0.2, 0.25) is 5.91 Å². The van der Waals surface area contributed by atoms with Crippen LogP contribution in [-0.4, -0.2) is 53.7 Å². The summed E-state index contributed by atoms with van der Waals surface area (Å²) in [7, 11) is 4.57. The van der Waals surface area contributed by atoms with E-state index in [1.807, 2.05) is 0 Å². The number of methoxy groups -OCH3 is 3. The lowest BCUT2D eigenvalue weighted by atomic mass is 10.2. The molecule has 0 unspecified atom stereocenters. The Morgan fingerprint density at radius 1 is 0.897 bits per heavy atom. The van der Waals surface area contributed by atoms with Gasteiger partial charge in [0.1, 0.15) is 11.6 Å². The van der Waals surface area contributed by atoms with Gasteiger partial charge in [-0.05, 0) is 66.7 Å². The van der Waals surface area contributed by atoms with Gasteiger partial charge >= 0.3 is 0 Å². The molecule has 10 nitrogen and oxygen atoms in total. The maximum Gasteiger partial charge on any atom is 0.251 e. The maximum absolute atomic E-state index is 13.6. The van der Waals surface area contributed by atoms with Crippen LogP contribution in [0.4, 0.5) is 10.1 Å². The third-order valence-corrected chi connectivity index (χ3v) is 6.47. The third kappa shape index (κ3) is 6.85. The molecule has 0 aliphatic carbocycles. The first kappa shape index (κ1) is 27.5. The van der Waals surface area contributed by atoms with Crippen molar-refractivity contribution in [1.29, 1.82) is 0 Å². The number of nitrogens with one attached hydrogen (secondary N) is 2. The molecule has 12 heteroatoms. The van der Waals surface area contributed by atoms with Crippen LogP contribution in [0.25, 0.3) is 5.69 Å². The largest absolute Gasteiger partial charge is 0.497 e. The summed E-state index contributed by atoms with van der Waals surface area (Å²) < 4.78 is 30.9. The van der Waals surface area contributed by atoms with E-state index in [2.05, 4.69) is 20.8 Å². The van der Waals surface area contributed by atoms with E-state index in [1.165, 1.54) is 26.4 Å². The molecule has 2 N–H and O–H groups in total. The molecule has 4 aromatic rings. The first-order valence-electron chi connectivity index (χ1n) is 11.7. The van der Waals surface area contributed by atoms with Gasteiger partial charge < -0.3 is 24.8 Å². The summed E-state index contributed by atoms with van der Waals surface area (Å²) in [5.41, 5.74) is 1.57. The Kier molecular flexibility index (Phi) is 9.00. The Hall–Kier alpha value is -4.58. The van der Waals surface area contributed by atoms with E-state index >= 15 is 0 Å². The molecule has 0 aliphatic rings. The predicted molar refractivity (Wildman–Crippen MR) is 144 cm³/mol. The van der Waals surface area contributed by atoms with Gasteiger partial charge in [-0.25, -0.2) is 4.39 Å². The number of amides is 2. The van der Waals surface area contributed by atoms with Gasteiger partial charge in [0.15, 0.2) is 22.5 Å². The van der Waals surface area contributed by atoms with Crippen LogP contribution in [0.1, 0.15) is 16.2 Å². The van der Waals surface area contributed by atoms with Gasteiger partial charge in [0.25, 0.3) is 5.91 Å². The monoisotopic (exact) mass is 551 g/mol. The Balaban J connectivity index is 1.48. The van der Waals surface area contributed by atoms with Crippen LogP contribution in [0.15, 0.2) is 71.9 Å². The SMILES string of the molecule is COc1ccc(NC(=O)CSc2nnc(CNC(=O)c3ccc(OC)c(OC)c3)n2-c2ccc(F)cc2)cc1. The minimum Gasteiger partial charge on any atom is -0.497 e. The zero-order chi connectivity index (χ0) is 27.8. The zero-order valence-corrected chi connectivity index (χ0v) is 22.3. The zero-order valence-electron chi connectivity index (χ0n) is 21.4. The number of aromatic nitrogens is 3. The van der Waals surface area contributed by atoms with Crippen LogP contribution >= 0.6 is 11.8 Å². The van der Waals surface area contributed by atoms with Crippen LogP contribution in [0.5, 0.6) is 17.2 Å². The van der Waals surface area contributed by atoms with E-state index in [-0.39, 0.29) is 24.1 Å². The van der Waals surface area contributed by atoms with Crippen molar-refractivity contribution in [3.8, 4) is 22.9 Å². The van der Waals surface area contributed by atoms with E-state index in [9.17, 15) is 14.0 Å². The van der Waals surface area contributed by atoms with E-state index in [4.69, 9.17) is 14.2 Å². The second-order valence-corrected chi connectivity index (χ2v) is 8.97.